The molecule has 0 radical (unpaired) electrons. The molecule has 150 valence electrons. The fourth-order valence-electron chi connectivity index (χ4n) is 3.63. The van der Waals surface area contributed by atoms with Crippen molar-refractivity contribution in [3.63, 3.8) is 0 Å². The average molecular weight is 410 g/mol. The van der Waals surface area contributed by atoms with Crippen molar-refractivity contribution in [1.29, 1.82) is 0 Å². The molecule has 3 aromatic rings. The molecule has 1 saturated carbocycles. The Hall–Kier alpha value is -2.93. The molecule has 0 saturated heterocycles. The number of hydrogen-bond donors (Lipinski definition) is 1. The quantitative estimate of drug-likeness (QED) is 0.672. The Morgan fingerprint density at radius 1 is 1.17 bits per heavy atom. The normalized spacial score (nSPS) is 15.1. The van der Waals surface area contributed by atoms with Crippen molar-refractivity contribution >= 4 is 26.8 Å². The zero-order valence-corrected chi connectivity index (χ0v) is 17.1. The van der Waals surface area contributed by atoms with Gasteiger partial charge in [0.1, 0.15) is 5.75 Å². The summed E-state index contributed by atoms with van der Waals surface area (Å²) in [7, 11) is -4.05. The monoisotopic (exact) mass is 410 g/mol. The minimum absolute atomic E-state index is 0.0431. The molecular formula is C22H22N2O4S. The van der Waals surface area contributed by atoms with Gasteiger partial charge in [-0.2, -0.15) is 0 Å². The van der Waals surface area contributed by atoms with E-state index in [9.17, 15) is 13.2 Å². The number of sulfonamides is 1. The van der Waals surface area contributed by atoms with E-state index in [4.69, 9.17) is 4.74 Å². The lowest BCUT2D eigenvalue weighted by Crippen LogP contribution is -2.39. The Bertz CT molecular complexity index is 1200. The van der Waals surface area contributed by atoms with Gasteiger partial charge in [-0.3, -0.25) is 9.78 Å². The highest BCUT2D eigenvalue weighted by Gasteiger charge is 2.54. The standard InChI is InChI=1S/C22H22N2O4S/c1-3-28-19-10-9-15(2)14-17(19)22(11-12-22)21(25)24-29(26,27)20-8-4-7-18-16(20)6-5-13-23-18/h4-10,13-14H,3,11-12H2,1-2H3,(H,24,25). The van der Waals surface area contributed by atoms with Crippen LogP contribution in [0, 0.1) is 6.92 Å². The fraction of sp³-hybridized carbons (Fsp3) is 0.273. The molecule has 6 nitrogen and oxygen atoms in total. The molecule has 0 unspecified atom stereocenters. The van der Waals surface area contributed by atoms with Crippen LogP contribution in [-0.4, -0.2) is 25.9 Å². The fourth-order valence-corrected chi connectivity index (χ4v) is 4.90. The molecule has 1 amide bonds. The smallest absolute Gasteiger partial charge is 0.264 e. The Labute approximate surface area is 170 Å². The summed E-state index contributed by atoms with van der Waals surface area (Å²) in [5.41, 5.74) is 1.41. The second-order valence-corrected chi connectivity index (χ2v) is 8.93. The number of aryl methyl sites for hydroxylation is 1. The van der Waals surface area contributed by atoms with E-state index in [-0.39, 0.29) is 4.90 Å². The van der Waals surface area contributed by atoms with Crippen LogP contribution >= 0.6 is 0 Å². The van der Waals surface area contributed by atoms with Crippen LogP contribution in [0.2, 0.25) is 0 Å². The molecule has 0 bridgehead atoms. The van der Waals surface area contributed by atoms with Gasteiger partial charge in [0.2, 0.25) is 5.91 Å². The van der Waals surface area contributed by atoms with Crippen LogP contribution in [0.4, 0.5) is 0 Å². The number of nitrogens with zero attached hydrogens (tertiary/aromatic N) is 1. The van der Waals surface area contributed by atoms with E-state index in [2.05, 4.69) is 9.71 Å². The Morgan fingerprint density at radius 2 is 1.97 bits per heavy atom. The van der Waals surface area contributed by atoms with Crippen LogP contribution in [0.3, 0.4) is 0 Å². The Morgan fingerprint density at radius 3 is 2.69 bits per heavy atom. The van der Waals surface area contributed by atoms with Gasteiger partial charge >= 0.3 is 0 Å². The average Bonchev–Trinajstić information content (AvgIpc) is 3.51. The van der Waals surface area contributed by atoms with Gasteiger partial charge in [-0.15, -0.1) is 0 Å². The van der Waals surface area contributed by atoms with Gasteiger partial charge in [0.15, 0.2) is 0 Å². The maximum absolute atomic E-state index is 13.2. The van der Waals surface area contributed by atoms with Crippen molar-refractivity contribution in [2.24, 2.45) is 0 Å². The minimum atomic E-state index is -4.05. The highest BCUT2D eigenvalue weighted by Crippen LogP contribution is 2.52. The van der Waals surface area contributed by atoms with Crippen LogP contribution in [0.15, 0.2) is 59.6 Å². The van der Waals surface area contributed by atoms with Crippen molar-refractivity contribution in [3.05, 3.63) is 65.9 Å². The molecule has 1 aliphatic rings. The summed E-state index contributed by atoms with van der Waals surface area (Å²) >= 11 is 0. The number of hydrogen-bond acceptors (Lipinski definition) is 5. The van der Waals surface area contributed by atoms with Crippen LogP contribution in [0.5, 0.6) is 5.75 Å². The maximum Gasteiger partial charge on any atom is 0.264 e. The van der Waals surface area contributed by atoms with Crippen LogP contribution in [-0.2, 0) is 20.2 Å². The van der Waals surface area contributed by atoms with E-state index in [1.807, 2.05) is 32.0 Å². The van der Waals surface area contributed by atoms with Crippen molar-refractivity contribution in [2.45, 2.75) is 37.0 Å². The van der Waals surface area contributed by atoms with Gasteiger partial charge in [-0.1, -0.05) is 23.8 Å². The topological polar surface area (TPSA) is 85.4 Å². The largest absolute Gasteiger partial charge is 0.494 e. The van der Waals surface area contributed by atoms with Gasteiger partial charge in [0, 0.05) is 17.1 Å². The second kappa shape index (κ2) is 7.15. The highest BCUT2D eigenvalue weighted by molar-refractivity contribution is 7.90. The van der Waals surface area contributed by atoms with Crippen LogP contribution in [0.1, 0.15) is 30.9 Å². The van der Waals surface area contributed by atoms with Gasteiger partial charge < -0.3 is 4.74 Å². The number of carbonyl (C=O) groups is 1. The molecule has 1 aromatic heterocycles. The van der Waals surface area contributed by atoms with Gasteiger partial charge in [-0.05, 0) is 57.0 Å². The predicted molar refractivity (Wildman–Crippen MR) is 110 cm³/mol. The summed E-state index contributed by atoms with van der Waals surface area (Å²) in [5, 5.41) is 0.478. The summed E-state index contributed by atoms with van der Waals surface area (Å²) in [6.45, 7) is 4.28. The van der Waals surface area contributed by atoms with E-state index in [1.54, 1.807) is 30.5 Å². The van der Waals surface area contributed by atoms with Crippen molar-refractivity contribution in [1.82, 2.24) is 9.71 Å². The number of nitrogens with one attached hydrogen (secondary N) is 1. The molecule has 2 aromatic carbocycles. The lowest BCUT2D eigenvalue weighted by Gasteiger charge is -2.20. The van der Waals surface area contributed by atoms with E-state index < -0.39 is 21.3 Å². The number of benzene rings is 2. The lowest BCUT2D eigenvalue weighted by atomic mass is 9.93. The van der Waals surface area contributed by atoms with E-state index >= 15 is 0 Å². The Kier molecular flexibility index (Phi) is 4.78. The first-order valence-corrected chi connectivity index (χ1v) is 11.0. The molecule has 1 aliphatic carbocycles. The van der Waals surface area contributed by atoms with Crippen molar-refractivity contribution in [3.8, 4) is 5.75 Å². The SMILES string of the molecule is CCOc1ccc(C)cc1C1(C(=O)NS(=O)(=O)c2cccc3ncccc23)CC1. The summed E-state index contributed by atoms with van der Waals surface area (Å²) in [6.07, 6.45) is 2.76. The first-order valence-electron chi connectivity index (χ1n) is 9.52. The summed E-state index contributed by atoms with van der Waals surface area (Å²) in [5.74, 6) is 0.0995. The highest BCUT2D eigenvalue weighted by atomic mass is 32.2. The zero-order chi connectivity index (χ0) is 20.6. The molecule has 1 heterocycles. The molecule has 0 spiro atoms. The zero-order valence-electron chi connectivity index (χ0n) is 16.3. The van der Waals surface area contributed by atoms with Gasteiger partial charge in [0.05, 0.1) is 22.4 Å². The molecular weight excluding hydrogens is 388 g/mol. The maximum atomic E-state index is 13.2. The molecule has 7 heteroatoms. The molecule has 0 atom stereocenters. The molecule has 1 N–H and O–H groups in total. The van der Waals surface area contributed by atoms with E-state index in [0.29, 0.717) is 36.1 Å². The molecule has 1 fully saturated rings. The Balaban J connectivity index is 1.70. The predicted octanol–water partition coefficient (Wildman–Crippen LogP) is 3.48. The van der Waals surface area contributed by atoms with Crippen molar-refractivity contribution in [2.75, 3.05) is 6.61 Å². The number of rotatable bonds is 6. The van der Waals surface area contributed by atoms with Gasteiger partial charge in [-0.25, -0.2) is 13.1 Å². The van der Waals surface area contributed by atoms with Crippen LogP contribution < -0.4 is 9.46 Å². The summed E-state index contributed by atoms with van der Waals surface area (Å²) < 4.78 is 34.1. The molecule has 29 heavy (non-hydrogen) atoms. The van der Waals surface area contributed by atoms with Gasteiger partial charge in [0.25, 0.3) is 10.0 Å². The molecule has 4 rings (SSSR count). The number of pyridine rings is 1. The first-order chi connectivity index (χ1) is 13.9. The number of ether oxygens (including phenoxy) is 1. The number of aromatic nitrogens is 1. The van der Waals surface area contributed by atoms with E-state index in [0.717, 1.165) is 11.1 Å². The third-order valence-corrected chi connectivity index (χ3v) is 6.65. The minimum Gasteiger partial charge on any atom is -0.494 e. The summed E-state index contributed by atoms with van der Waals surface area (Å²) in [4.78, 5) is 17.4. The molecule has 0 aliphatic heterocycles. The summed E-state index contributed by atoms with van der Waals surface area (Å²) in [6, 6.07) is 13.9. The number of fused-ring (bicyclic) bond motifs is 1. The van der Waals surface area contributed by atoms with Crippen molar-refractivity contribution < 1.29 is 17.9 Å². The number of amides is 1. The third kappa shape index (κ3) is 3.46. The first kappa shape index (κ1) is 19.4. The third-order valence-electron chi connectivity index (χ3n) is 5.26. The number of carbonyl (C=O) groups excluding carboxylic acids is 1. The van der Waals surface area contributed by atoms with E-state index in [1.165, 1.54) is 6.07 Å². The second-order valence-electron chi connectivity index (χ2n) is 7.28. The van der Waals surface area contributed by atoms with Crippen LogP contribution in [0.25, 0.3) is 10.9 Å². The lowest BCUT2D eigenvalue weighted by molar-refractivity contribution is -0.121.